The van der Waals surface area contributed by atoms with E-state index in [9.17, 15) is 4.39 Å². The first-order valence-electron chi connectivity index (χ1n) is 6.97. The number of nitrogens with zero attached hydrogens (tertiary/aromatic N) is 1. The molecule has 0 spiro atoms. The van der Waals surface area contributed by atoms with Crippen molar-refractivity contribution in [3.63, 3.8) is 0 Å². The van der Waals surface area contributed by atoms with Crippen molar-refractivity contribution < 1.29 is 4.39 Å². The predicted octanol–water partition coefficient (Wildman–Crippen LogP) is 3.41. The van der Waals surface area contributed by atoms with E-state index in [-0.39, 0.29) is 5.82 Å². The maximum atomic E-state index is 13.0. The van der Waals surface area contributed by atoms with Crippen LogP contribution in [0.5, 0.6) is 0 Å². The molecule has 4 rings (SSSR count). The second kappa shape index (κ2) is 5.23. The standard InChI is InChI=1S/C16H20FN/c17-16-6-2-4-13(11-16)3-1-5-15-12-18-9-7-14(15)8-10-18/h2,4-6,11,14H,1,3,7-10,12H2/b15-5-. The van der Waals surface area contributed by atoms with Crippen molar-refractivity contribution in [1.82, 2.24) is 4.90 Å². The van der Waals surface area contributed by atoms with Gasteiger partial charge in [-0.2, -0.15) is 0 Å². The van der Waals surface area contributed by atoms with E-state index in [1.165, 1.54) is 38.5 Å². The highest BCUT2D eigenvalue weighted by molar-refractivity contribution is 5.19. The van der Waals surface area contributed by atoms with Gasteiger partial charge >= 0.3 is 0 Å². The van der Waals surface area contributed by atoms with Crippen molar-refractivity contribution in [2.75, 3.05) is 19.6 Å². The first kappa shape index (κ1) is 11.9. The Balaban J connectivity index is 1.58. The van der Waals surface area contributed by atoms with E-state index < -0.39 is 0 Å². The van der Waals surface area contributed by atoms with Crippen molar-refractivity contribution in [3.8, 4) is 0 Å². The molecular formula is C16H20FN. The summed E-state index contributed by atoms with van der Waals surface area (Å²) in [7, 11) is 0. The molecule has 1 nitrogen and oxygen atoms in total. The second-order valence-corrected chi connectivity index (χ2v) is 5.50. The summed E-state index contributed by atoms with van der Waals surface area (Å²) in [6.07, 6.45) is 7.08. The minimum Gasteiger partial charge on any atom is -0.299 e. The lowest BCUT2D eigenvalue weighted by molar-refractivity contribution is 0.161. The fourth-order valence-corrected chi connectivity index (χ4v) is 3.20. The van der Waals surface area contributed by atoms with E-state index in [0.717, 1.165) is 24.3 Å². The van der Waals surface area contributed by atoms with E-state index >= 15 is 0 Å². The zero-order valence-corrected chi connectivity index (χ0v) is 10.7. The fourth-order valence-electron chi connectivity index (χ4n) is 3.20. The normalized spacial score (nSPS) is 28.8. The summed E-state index contributed by atoms with van der Waals surface area (Å²) in [4.78, 5) is 2.55. The fraction of sp³-hybridized carbons (Fsp3) is 0.500. The van der Waals surface area contributed by atoms with Gasteiger partial charge in [-0.3, -0.25) is 4.90 Å². The Bertz CT molecular complexity index is 444. The van der Waals surface area contributed by atoms with Gasteiger partial charge in [0.2, 0.25) is 0 Å². The van der Waals surface area contributed by atoms with Crippen LogP contribution < -0.4 is 0 Å². The predicted molar refractivity (Wildman–Crippen MR) is 72.0 cm³/mol. The van der Waals surface area contributed by atoms with Gasteiger partial charge in [0.1, 0.15) is 5.82 Å². The molecule has 1 aromatic carbocycles. The summed E-state index contributed by atoms with van der Waals surface area (Å²) < 4.78 is 13.0. The average Bonchev–Trinajstić information content (AvgIpc) is 2.40. The highest BCUT2D eigenvalue weighted by atomic mass is 19.1. The van der Waals surface area contributed by atoms with Crippen molar-refractivity contribution in [3.05, 3.63) is 47.3 Å². The Kier molecular flexibility index (Phi) is 3.46. The van der Waals surface area contributed by atoms with Crippen LogP contribution in [0.2, 0.25) is 0 Å². The Morgan fingerprint density at radius 1 is 1.28 bits per heavy atom. The first-order chi connectivity index (χ1) is 8.81. The lowest BCUT2D eigenvalue weighted by Gasteiger charge is -2.41. The van der Waals surface area contributed by atoms with Crippen molar-refractivity contribution in [2.24, 2.45) is 5.92 Å². The molecule has 0 radical (unpaired) electrons. The quantitative estimate of drug-likeness (QED) is 0.738. The number of halogens is 1. The number of piperidine rings is 3. The molecule has 0 amide bonds. The number of hydrogen-bond acceptors (Lipinski definition) is 1. The van der Waals surface area contributed by atoms with Gasteiger partial charge in [-0.25, -0.2) is 4.39 Å². The number of benzene rings is 1. The molecular weight excluding hydrogens is 225 g/mol. The van der Waals surface area contributed by atoms with E-state index in [1.54, 1.807) is 17.7 Å². The minimum absolute atomic E-state index is 0.122. The van der Waals surface area contributed by atoms with Crippen LogP contribution in [-0.2, 0) is 6.42 Å². The van der Waals surface area contributed by atoms with E-state index in [2.05, 4.69) is 11.0 Å². The van der Waals surface area contributed by atoms with Gasteiger partial charge in [-0.1, -0.05) is 23.8 Å². The molecule has 3 heterocycles. The van der Waals surface area contributed by atoms with Crippen LogP contribution in [0, 0.1) is 11.7 Å². The largest absolute Gasteiger partial charge is 0.299 e. The molecule has 0 aromatic heterocycles. The highest BCUT2D eigenvalue weighted by Gasteiger charge is 2.28. The third-order valence-corrected chi connectivity index (χ3v) is 4.25. The van der Waals surface area contributed by atoms with Crippen LogP contribution in [-0.4, -0.2) is 24.5 Å². The molecule has 3 saturated heterocycles. The summed E-state index contributed by atoms with van der Waals surface area (Å²) in [5.74, 6) is 0.713. The number of rotatable bonds is 3. The summed E-state index contributed by atoms with van der Waals surface area (Å²) in [6, 6.07) is 6.97. The van der Waals surface area contributed by atoms with Crippen LogP contribution in [0.4, 0.5) is 4.39 Å². The molecule has 0 N–H and O–H groups in total. The molecule has 96 valence electrons. The molecule has 3 aliphatic rings. The molecule has 18 heavy (non-hydrogen) atoms. The van der Waals surface area contributed by atoms with Crippen LogP contribution in [0.1, 0.15) is 24.8 Å². The topological polar surface area (TPSA) is 3.24 Å². The maximum absolute atomic E-state index is 13.0. The highest BCUT2D eigenvalue weighted by Crippen LogP contribution is 2.31. The Labute approximate surface area is 108 Å². The Hall–Kier alpha value is -1.15. The average molecular weight is 245 g/mol. The van der Waals surface area contributed by atoms with E-state index in [4.69, 9.17) is 0 Å². The summed E-state index contributed by atoms with van der Waals surface area (Å²) in [5, 5.41) is 0. The molecule has 2 heteroatoms. The monoisotopic (exact) mass is 245 g/mol. The lowest BCUT2D eigenvalue weighted by Crippen LogP contribution is -2.42. The summed E-state index contributed by atoms with van der Waals surface area (Å²) in [5.41, 5.74) is 2.73. The van der Waals surface area contributed by atoms with Crippen LogP contribution in [0.15, 0.2) is 35.9 Å². The SMILES string of the molecule is Fc1cccc(CC/C=C2/CN3CCC2CC3)c1. The zero-order chi connectivity index (χ0) is 12.4. The Morgan fingerprint density at radius 3 is 2.78 bits per heavy atom. The van der Waals surface area contributed by atoms with Gasteiger partial charge in [0.15, 0.2) is 0 Å². The van der Waals surface area contributed by atoms with Crippen molar-refractivity contribution in [2.45, 2.75) is 25.7 Å². The molecule has 0 aliphatic carbocycles. The number of fused-ring (bicyclic) bond motifs is 3. The maximum Gasteiger partial charge on any atom is 0.123 e. The van der Waals surface area contributed by atoms with Gasteiger partial charge in [-0.15, -0.1) is 0 Å². The van der Waals surface area contributed by atoms with Crippen molar-refractivity contribution in [1.29, 1.82) is 0 Å². The van der Waals surface area contributed by atoms with Crippen molar-refractivity contribution >= 4 is 0 Å². The third-order valence-electron chi connectivity index (χ3n) is 4.25. The molecule has 0 saturated carbocycles. The molecule has 2 bridgehead atoms. The summed E-state index contributed by atoms with van der Waals surface area (Å²) in [6.45, 7) is 3.74. The molecule has 1 aromatic rings. The van der Waals surface area contributed by atoms with E-state index in [0.29, 0.717) is 0 Å². The van der Waals surface area contributed by atoms with Crippen LogP contribution >= 0.6 is 0 Å². The van der Waals surface area contributed by atoms with Gasteiger partial charge < -0.3 is 0 Å². The Morgan fingerprint density at radius 2 is 2.11 bits per heavy atom. The molecule has 0 atom stereocenters. The van der Waals surface area contributed by atoms with Crippen LogP contribution in [0.3, 0.4) is 0 Å². The number of hydrogen-bond donors (Lipinski definition) is 0. The smallest absolute Gasteiger partial charge is 0.123 e. The number of allylic oxidation sites excluding steroid dienone is 1. The number of aryl methyl sites for hydroxylation is 1. The van der Waals surface area contributed by atoms with Gasteiger partial charge in [0.25, 0.3) is 0 Å². The first-order valence-corrected chi connectivity index (χ1v) is 6.97. The molecule has 3 fully saturated rings. The minimum atomic E-state index is -0.122. The molecule has 3 aliphatic heterocycles. The molecule has 0 unspecified atom stereocenters. The van der Waals surface area contributed by atoms with Gasteiger partial charge in [0.05, 0.1) is 0 Å². The van der Waals surface area contributed by atoms with E-state index in [1.807, 2.05) is 6.07 Å². The zero-order valence-electron chi connectivity index (χ0n) is 10.7. The lowest BCUT2D eigenvalue weighted by atomic mass is 9.83. The van der Waals surface area contributed by atoms with Gasteiger partial charge in [-0.05, 0) is 62.4 Å². The third kappa shape index (κ3) is 2.64. The van der Waals surface area contributed by atoms with Gasteiger partial charge in [0, 0.05) is 6.54 Å². The van der Waals surface area contributed by atoms with Crippen LogP contribution in [0.25, 0.3) is 0 Å². The summed E-state index contributed by atoms with van der Waals surface area (Å²) >= 11 is 0. The second-order valence-electron chi connectivity index (χ2n) is 5.50.